The first kappa shape index (κ1) is 27.2. The summed E-state index contributed by atoms with van der Waals surface area (Å²) in [6, 6.07) is 19.4. The van der Waals surface area contributed by atoms with Crippen molar-refractivity contribution < 1.29 is 21.6 Å². The largest absolute Gasteiger partial charge is 0.416 e. The highest BCUT2D eigenvalue weighted by molar-refractivity contribution is 7.98. The summed E-state index contributed by atoms with van der Waals surface area (Å²) in [5.74, 6) is 0.764. The topological polar surface area (TPSA) is 76.9 Å². The second-order valence-electron chi connectivity index (χ2n) is 8.20. The first-order valence-electron chi connectivity index (χ1n) is 11.0. The summed E-state index contributed by atoms with van der Waals surface area (Å²) in [6.07, 6.45) is -4.07. The zero-order chi connectivity index (χ0) is 26.6. The van der Waals surface area contributed by atoms with Crippen LogP contribution in [0.5, 0.6) is 0 Å². The van der Waals surface area contributed by atoms with Gasteiger partial charge in [-0.3, -0.25) is 0 Å². The van der Waals surface area contributed by atoms with Crippen LogP contribution in [0, 0.1) is 0 Å². The highest BCUT2D eigenvalue weighted by Crippen LogP contribution is 2.31. The maximum atomic E-state index is 13.1. The lowest BCUT2D eigenvalue weighted by Gasteiger charge is -2.19. The van der Waals surface area contributed by atoms with Crippen LogP contribution in [0.1, 0.15) is 28.6 Å². The number of nitrogens with zero attached hydrogens (tertiary/aromatic N) is 3. The third kappa shape index (κ3) is 6.92. The van der Waals surface area contributed by atoms with E-state index >= 15 is 0 Å². The van der Waals surface area contributed by atoms with Gasteiger partial charge in [-0.25, -0.2) is 13.1 Å². The molecular formula is C25H22ClF3N4O2S2. The van der Waals surface area contributed by atoms with Gasteiger partial charge in [-0.05, 0) is 53.9 Å². The molecular weight excluding hydrogens is 545 g/mol. The molecule has 0 bridgehead atoms. The molecule has 12 heteroatoms. The average Bonchev–Trinajstić information content (AvgIpc) is 3.23. The first-order valence-corrected chi connectivity index (χ1v) is 13.9. The van der Waals surface area contributed by atoms with Gasteiger partial charge in [0, 0.05) is 17.8 Å². The predicted octanol–water partition coefficient (Wildman–Crippen LogP) is 6.04. The Morgan fingerprint density at radius 1 is 0.946 bits per heavy atom. The summed E-state index contributed by atoms with van der Waals surface area (Å²) in [4.78, 5) is 0.0639. The molecule has 0 aliphatic heterocycles. The first-order chi connectivity index (χ1) is 17.5. The predicted molar refractivity (Wildman–Crippen MR) is 137 cm³/mol. The third-order valence-electron chi connectivity index (χ3n) is 5.53. The number of benzene rings is 3. The zero-order valence-corrected chi connectivity index (χ0v) is 21.9. The van der Waals surface area contributed by atoms with Gasteiger partial charge >= 0.3 is 6.18 Å². The molecule has 1 aromatic heterocycles. The molecule has 1 N–H and O–H groups in total. The lowest BCUT2D eigenvalue weighted by molar-refractivity contribution is -0.137. The molecule has 0 amide bonds. The Morgan fingerprint density at radius 2 is 1.59 bits per heavy atom. The molecule has 6 nitrogen and oxygen atoms in total. The summed E-state index contributed by atoms with van der Waals surface area (Å²) < 4.78 is 69.2. The molecule has 0 aliphatic rings. The number of hydrogen-bond acceptors (Lipinski definition) is 5. The Hall–Kier alpha value is -2.86. The van der Waals surface area contributed by atoms with E-state index in [1.807, 2.05) is 30.3 Å². The minimum Gasteiger partial charge on any atom is -0.308 e. The fourth-order valence-corrected chi connectivity index (χ4v) is 5.79. The lowest BCUT2D eigenvalue weighted by Crippen LogP contribution is -2.32. The average molecular weight is 567 g/mol. The minimum absolute atomic E-state index is 0.0639. The number of halogens is 4. The molecule has 194 valence electrons. The van der Waals surface area contributed by atoms with Crippen molar-refractivity contribution in [3.63, 3.8) is 0 Å². The maximum absolute atomic E-state index is 13.1. The number of hydrogen-bond donors (Lipinski definition) is 1. The SMILES string of the molecule is Cn1c(SCc2ccc(C(F)(F)F)cc2)nnc1[C@@H](Cc1ccccc1)NS(=O)(=O)c1ccc(Cl)cc1. The van der Waals surface area contributed by atoms with Crippen LogP contribution in [0.4, 0.5) is 13.2 Å². The fraction of sp³-hybridized carbons (Fsp3) is 0.200. The molecule has 0 unspecified atom stereocenters. The van der Waals surface area contributed by atoms with E-state index in [9.17, 15) is 21.6 Å². The number of thioether (sulfide) groups is 1. The van der Waals surface area contributed by atoms with Crippen LogP contribution in [0.2, 0.25) is 5.02 Å². The van der Waals surface area contributed by atoms with E-state index in [-0.39, 0.29) is 4.90 Å². The van der Waals surface area contributed by atoms with Crippen LogP contribution in [0.3, 0.4) is 0 Å². The smallest absolute Gasteiger partial charge is 0.308 e. The van der Waals surface area contributed by atoms with Gasteiger partial charge in [-0.2, -0.15) is 13.2 Å². The summed E-state index contributed by atoms with van der Waals surface area (Å²) in [5.41, 5.74) is 0.874. The van der Waals surface area contributed by atoms with Gasteiger partial charge in [0.25, 0.3) is 0 Å². The second-order valence-corrected chi connectivity index (χ2v) is 11.3. The van der Waals surface area contributed by atoms with E-state index in [2.05, 4.69) is 14.9 Å². The summed E-state index contributed by atoms with van der Waals surface area (Å²) in [6.45, 7) is 0. The minimum atomic E-state index is -4.39. The molecule has 0 fully saturated rings. The number of nitrogens with one attached hydrogen (secondary N) is 1. The number of sulfonamides is 1. The Bertz CT molecular complexity index is 1440. The van der Waals surface area contributed by atoms with Crippen molar-refractivity contribution >= 4 is 33.4 Å². The van der Waals surface area contributed by atoms with E-state index in [4.69, 9.17) is 11.6 Å². The van der Waals surface area contributed by atoms with E-state index in [1.54, 1.807) is 11.6 Å². The van der Waals surface area contributed by atoms with Gasteiger partial charge in [0.05, 0.1) is 16.5 Å². The van der Waals surface area contributed by atoms with E-state index in [0.29, 0.717) is 33.7 Å². The Kier molecular flexibility index (Phi) is 8.27. The van der Waals surface area contributed by atoms with E-state index in [0.717, 1.165) is 17.7 Å². The van der Waals surface area contributed by atoms with Crippen molar-refractivity contribution in [2.75, 3.05) is 0 Å². The van der Waals surface area contributed by atoms with Crippen molar-refractivity contribution in [2.24, 2.45) is 7.05 Å². The quantitative estimate of drug-likeness (QED) is 0.250. The van der Waals surface area contributed by atoms with Crippen molar-refractivity contribution in [1.82, 2.24) is 19.5 Å². The number of rotatable bonds is 9. The van der Waals surface area contributed by atoms with Crippen LogP contribution >= 0.6 is 23.4 Å². The van der Waals surface area contributed by atoms with Crippen molar-refractivity contribution in [3.8, 4) is 0 Å². The highest BCUT2D eigenvalue weighted by atomic mass is 35.5. The highest BCUT2D eigenvalue weighted by Gasteiger charge is 2.30. The molecule has 0 radical (unpaired) electrons. The van der Waals surface area contributed by atoms with Gasteiger partial charge in [-0.1, -0.05) is 65.8 Å². The Labute approximate surface area is 221 Å². The van der Waals surface area contributed by atoms with Crippen molar-refractivity contribution in [1.29, 1.82) is 0 Å². The van der Waals surface area contributed by atoms with Gasteiger partial charge < -0.3 is 4.57 Å². The summed E-state index contributed by atoms with van der Waals surface area (Å²) in [7, 11) is -2.19. The molecule has 3 aromatic carbocycles. The second kappa shape index (κ2) is 11.3. The number of aromatic nitrogens is 3. The van der Waals surface area contributed by atoms with Gasteiger partial charge in [0.2, 0.25) is 10.0 Å². The molecule has 0 saturated carbocycles. The van der Waals surface area contributed by atoms with Crippen LogP contribution in [-0.4, -0.2) is 23.2 Å². The van der Waals surface area contributed by atoms with E-state index < -0.39 is 27.8 Å². The maximum Gasteiger partial charge on any atom is 0.416 e. The van der Waals surface area contributed by atoms with Gasteiger partial charge in [0.15, 0.2) is 11.0 Å². The third-order valence-corrected chi connectivity index (χ3v) is 8.36. The molecule has 0 saturated heterocycles. The van der Waals surface area contributed by atoms with Gasteiger partial charge in [-0.15, -0.1) is 10.2 Å². The van der Waals surface area contributed by atoms with Crippen LogP contribution < -0.4 is 4.72 Å². The van der Waals surface area contributed by atoms with Gasteiger partial charge in [0.1, 0.15) is 0 Å². The Balaban J connectivity index is 1.56. The lowest BCUT2D eigenvalue weighted by atomic mass is 10.1. The molecule has 0 spiro atoms. The molecule has 4 rings (SSSR count). The Morgan fingerprint density at radius 3 is 2.22 bits per heavy atom. The van der Waals surface area contributed by atoms with Crippen LogP contribution in [0.25, 0.3) is 0 Å². The van der Waals surface area contributed by atoms with E-state index in [1.165, 1.54) is 48.2 Å². The molecule has 4 aromatic rings. The monoisotopic (exact) mass is 566 g/mol. The molecule has 37 heavy (non-hydrogen) atoms. The van der Waals surface area contributed by atoms with Crippen LogP contribution in [0.15, 0.2) is 88.9 Å². The van der Waals surface area contributed by atoms with Crippen molar-refractivity contribution in [2.45, 2.75) is 34.4 Å². The standard InChI is InChI=1S/C25H22ClF3N4O2S2/c1-33-23(30-31-24(33)36-16-18-7-9-19(10-8-18)25(27,28)29)22(15-17-5-3-2-4-6-17)32-37(34,35)21-13-11-20(26)12-14-21/h2-14,22,32H,15-16H2,1H3/t22-/m1/s1. The molecule has 1 atom stereocenters. The molecule has 1 heterocycles. The van der Waals surface area contributed by atoms with Crippen LogP contribution in [-0.2, 0) is 35.4 Å². The zero-order valence-electron chi connectivity index (χ0n) is 19.5. The molecule has 0 aliphatic carbocycles. The summed E-state index contributed by atoms with van der Waals surface area (Å²) >= 11 is 7.20. The summed E-state index contributed by atoms with van der Waals surface area (Å²) in [5, 5.41) is 9.38. The van der Waals surface area contributed by atoms with Crippen molar-refractivity contribution in [3.05, 3.63) is 106 Å². The normalized spacial score (nSPS) is 13.0. The fourth-order valence-electron chi connectivity index (χ4n) is 3.60. The number of alkyl halides is 3.